The highest BCUT2D eigenvalue weighted by molar-refractivity contribution is 7.80. The van der Waals surface area contributed by atoms with Gasteiger partial charge in [-0.3, -0.25) is 4.79 Å². The Labute approximate surface area is 99.4 Å². The Morgan fingerprint density at radius 1 is 1.27 bits per heavy atom. The quantitative estimate of drug-likeness (QED) is 0.696. The summed E-state index contributed by atoms with van der Waals surface area (Å²) in [6.07, 6.45) is 1.85. The Bertz CT molecular complexity index is 398. The van der Waals surface area contributed by atoms with Crippen molar-refractivity contribution in [2.45, 2.75) is 25.2 Å². The van der Waals surface area contributed by atoms with Gasteiger partial charge in [-0.05, 0) is 24.0 Å². The van der Waals surface area contributed by atoms with Crippen molar-refractivity contribution in [2.75, 3.05) is 0 Å². The molecule has 0 heterocycles. The first-order valence-corrected chi connectivity index (χ1v) is 5.73. The summed E-state index contributed by atoms with van der Waals surface area (Å²) in [5.74, 6) is 0.420. The predicted molar refractivity (Wildman–Crippen MR) is 65.6 cm³/mol. The predicted octanol–water partition coefficient (Wildman–Crippen LogP) is 3.55. The van der Waals surface area contributed by atoms with E-state index >= 15 is 0 Å². The third-order valence-corrected chi connectivity index (χ3v) is 3.34. The van der Waals surface area contributed by atoms with Crippen LogP contribution in [0.3, 0.4) is 0 Å². The van der Waals surface area contributed by atoms with Gasteiger partial charge in [0.05, 0.1) is 0 Å². The van der Waals surface area contributed by atoms with Gasteiger partial charge in [-0.2, -0.15) is 0 Å². The monoisotopic (exact) mass is 238 g/mol. The number of rotatable bonds is 1. The molecule has 0 bridgehead atoms. The molecule has 1 unspecified atom stereocenters. The van der Waals surface area contributed by atoms with Crippen molar-refractivity contribution in [1.29, 1.82) is 0 Å². The second-order valence-corrected chi connectivity index (χ2v) is 4.87. The Hall–Kier alpha value is -0.730. The van der Waals surface area contributed by atoms with Gasteiger partial charge in [0.25, 0.3) is 0 Å². The molecule has 2 rings (SSSR count). The molecule has 1 aliphatic carbocycles. The molecular formula is C12H11ClOS. The molecule has 3 heteroatoms. The summed E-state index contributed by atoms with van der Waals surface area (Å²) in [6.45, 7) is 0. The van der Waals surface area contributed by atoms with Crippen LogP contribution in [0.5, 0.6) is 0 Å². The number of carbonyl (C=O) groups is 1. The van der Waals surface area contributed by atoms with E-state index in [2.05, 4.69) is 0 Å². The van der Waals surface area contributed by atoms with Crippen LogP contribution >= 0.6 is 23.8 Å². The topological polar surface area (TPSA) is 17.1 Å². The molecule has 15 heavy (non-hydrogen) atoms. The van der Waals surface area contributed by atoms with E-state index in [1.165, 1.54) is 0 Å². The molecule has 0 saturated heterocycles. The van der Waals surface area contributed by atoms with Crippen LogP contribution in [0.25, 0.3) is 0 Å². The van der Waals surface area contributed by atoms with Crippen molar-refractivity contribution in [1.82, 2.24) is 0 Å². The van der Waals surface area contributed by atoms with Gasteiger partial charge in [-0.25, -0.2) is 0 Å². The number of thiocarbonyl (C=S) groups is 1. The van der Waals surface area contributed by atoms with Crippen molar-refractivity contribution < 1.29 is 4.79 Å². The van der Waals surface area contributed by atoms with E-state index in [0.29, 0.717) is 12.8 Å². The number of benzene rings is 1. The van der Waals surface area contributed by atoms with E-state index < -0.39 is 0 Å². The van der Waals surface area contributed by atoms with Gasteiger partial charge in [-0.15, -0.1) is 0 Å². The lowest BCUT2D eigenvalue weighted by Gasteiger charge is -2.22. The van der Waals surface area contributed by atoms with Crippen LogP contribution < -0.4 is 0 Å². The van der Waals surface area contributed by atoms with Gasteiger partial charge in [0, 0.05) is 22.7 Å². The van der Waals surface area contributed by atoms with Gasteiger partial charge in [0.15, 0.2) is 0 Å². The van der Waals surface area contributed by atoms with Crippen LogP contribution in [0.1, 0.15) is 30.7 Å². The Morgan fingerprint density at radius 3 is 2.67 bits per heavy atom. The first-order chi connectivity index (χ1) is 7.16. The molecular weight excluding hydrogens is 228 g/mol. The lowest BCUT2D eigenvalue weighted by Crippen LogP contribution is -2.20. The standard InChI is InChI=1S/C12H11ClOS/c13-12-4-2-1-3-11(12)8-5-9(14)7-10(15)6-8/h1-4,8H,5-7H2. The number of halogens is 1. The number of hydrogen-bond donors (Lipinski definition) is 0. The lowest BCUT2D eigenvalue weighted by atomic mass is 9.83. The zero-order valence-corrected chi connectivity index (χ0v) is 9.77. The summed E-state index contributed by atoms with van der Waals surface area (Å²) in [7, 11) is 0. The Kier molecular flexibility index (Phi) is 3.17. The maximum Gasteiger partial charge on any atom is 0.138 e. The van der Waals surface area contributed by atoms with Gasteiger partial charge in [0.1, 0.15) is 5.78 Å². The van der Waals surface area contributed by atoms with Crippen LogP contribution in [-0.2, 0) is 4.79 Å². The average molecular weight is 239 g/mol. The summed E-state index contributed by atoms with van der Waals surface area (Å²) < 4.78 is 0. The van der Waals surface area contributed by atoms with Crippen LogP contribution in [-0.4, -0.2) is 10.6 Å². The van der Waals surface area contributed by atoms with Gasteiger partial charge >= 0.3 is 0 Å². The first-order valence-electron chi connectivity index (χ1n) is 4.94. The van der Waals surface area contributed by atoms with Crippen LogP contribution in [0.2, 0.25) is 5.02 Å². The third-order valence-electron chi connectivity index (χ3n) is 2.69. The Morgan fingerprint density at radius 2 is 2.00 bits per heavy atom. The largest absolute Gasteiger partial charge is 0.299 e. The second-order valence-electron chi connectivity index (χ2n) is 3.88. The van der Waals surface area contributed by atoms with Crippen molar-refractivity contribution in [2.24, 2.45) is 0 Å². The van der Waals surface area contributed by atoms with Gasteiger partial charge < -0.3 is 0 Å². The molecule has 0 aliphatic heterocycles. The normalized spacial score (nSPS) is 21.8. The van der Waals surface area contributed by atoms with Crippen LogP contribution in [0.4, 0.5) is 0 Å². The molecule has 1 saturated carbocycles. The summed E-state index contributed by atoms with van der Waals surface area (Å²) >= 11 is 11.2. The maximum absolute atomic E-state index is 11.4. The van der Waals surface area contributed by atoms with Gasteiger partial charge in [-0.1, -0.05) is 42.0 Å². The maximum atomic E-state index is 11.4. The van der Waals surface area contributed by atoms with Crippen molar-refractivity contribution in [3.63, 3.8) is 0 Å². The fourth-order valence-corrected chi connectivity index (χ4v) is 2.66. The molecule has 1 atom stereocenters. The average Bonchev–Trinajstić information content (AvgIpc) is 2.16. The number of Topliss-reactive ketones (excluding diaryl/α,β-unsaturated/α-hetero) is 1. The van der Waals surface area contributed by atoms with Crippen molar-refractivity contribution >= 4 is 34.5 Å². The van der Waals surface area contributed by atoms with Crippen molar-refractivity contribution in [3.05, 3.63) is 34.9 Å². The molecule has 0 radical (unpaired) electrons. The minimum atomic E-state index is 0.187. The summed E-state index contributed by atoms with van der Waals surface area (Å²) in [5, 5.41) is 0.736. The smallest absolute Gasteiger partial charge is 0.138 e. The zero-order chi connectivity index (χ0) is 10.8. The fourth-order valence-electron chi connectivity index (χ4n) is 2.01. The molecule has 78 valence electrons. The highest BCUT2D eigenvalue weighted by atomic mass is 35.5. The molecule has 1 aromatic rings. The molecule has 0 N–H and O–H groups in total. The van der Waals surface area contributed by atoms with E-state index in [1.807, 2.05) is 24.3 Å². The summed E-state index contributed by atoms with van der Waals surface area (Å²) in [5.41, 5.74) is 1.05. The SMILES string of the molecule is O=C1CC(=S)CC(c2ccccc2Cl)C1. The molecule has 1 aliphatic rings. The number of carbonyl (C=O) groups excluding carboxylic acids is 1. The minimum Gasteiger partial charge on any atom is -0.299 e. The molecule has 1 fully saturated rings. The van der Waals surface area contributed by atoms with Crippen LogP contribution in [0, 0.1) is 0 Å². The highest BCUT2D eigenvalue weighted by Gasteiger charge is 2.25. The van der Waals surface area contributed by atoms with E-state index in [-0.39, 0.29) is 11.7 Å². The summed E-state index contributed by atoms with van der Waals surface area (Å²) in [4.78, 5) is 12.3. The van der Waals surface area contributed by atoms with Crippen LogP contribution in [0.15, 0.2) is 24.3 Å². The van der Waals surface area contributed by atoms with E-state index in [9.17, 15) is 4.79 Å². The zero-order valence-electron chi connectivity index (χ0n) is 8.20. The van der Waals surface area contributed by atoms with E-state index in [4.69, 9.17) is 23.8 Å². The molecule has 1 aromatic carbocycles. The van der Waals surface area contributed by atoms with E-state index in [1.54, 1.807) is 0 Å². The highest BCUT2D eigenvalue weighted by Crippen LogP contribution is 2.33. The second kappa shape index (κ2) is 4.42. The van der Waals surface area contributed by atoms with Gasteiger partial charge in [0.2, 0.25) is 0 Å². The lowest BCUT2D eigenvalue weighted by molar-refractivity contribution is -0.118. The molecule has 0 spiro atoms. The minimum absolute atomic E-state index is 0.187. The fraction of sp³-hybridized carbons (Fsp3) is 0.333. The first kappa shape index (κ1) is 10.8. The van der Waals surface area contributed by atoms with E-state index in [0.717, 1.165) is 21.9 Å². The molecule has 0 aromatic heterocycles. The Balaban J connectivity index is 2.27. The molecule has 0 amide bonds. The third kappa shape index (κ3) is 2.44. The summed E-state index contributed by atoms with van der Waals surface area (Å²) in [6, 6.07) is 7.69. The molecule has 1 nitrogen and oxygen atoms in total. The van der Waals surface area contributed by atoms with Crippen molar-refractivity contribution in [3.8, 4) is 0 Å². The number of ketones is 1. The number of hydrogen-bond acceptors (Lipinski definition) is 2.